The SMILES string of the molecule is C[C@@]12CCC(=O)N1[C@H](C(=O)NCCN1C(=O)S/C(=C\c3ccc4c(c3)OCO4)C1=O)CS2. The molecular formula is C21H21N3O6S2. The summed E-state index contributed by atoms with van der Waals surface area (Å²) in [4.78, 5) is 52.7. The van der Waals surface area contributed by atoms with Gasteiger partial charge in [-0.1, -0.05) is 6.07 Å². The Hall–Kier alpha value is -2.66. The fraction of sp³-hybridized carbons (Fsp3) is 0.429. The molecule has 3 saturated heterocycles. The lowest BCUT2D eigenvalue weighted by molar-refractivity contribution is -0.137. The minimum absolute atomic E-state index is 0.00255. The molecule has 4 aliphatic rings. The van der Waals surface area contributed by atoms with Crippen LogP contribution in [0.5, 0.6) is 11.5 Å². The van der Waals surface area contributed by atoms with E-state index in [1.165, 1.54) is 0 Å². The van der Waals surface area contributed by atoms with Gasteiger partial charge in [0.1, 0.15) is 6.04 Å². The largest absolute Gasteiger partial charge is 0.454 e. The quantitative estimate of drug-likeness (QED) is 0.645. The zero-order valence-electron chi connectivity index (χ0n) is 17.3. The molecule has 0 aromatic heterocycles. The molecule has 32 heavy (non-hydrogen) atoms. The molecule has 1 aromatic rings. The van der Waals surface area contributed by atoms with Gasteiger partial charge in [-0.3, -0.25) is 24.1 Å². The highest BCUT2D eigenvalue weighted by molar-refractivity contribution is 8.18. The Kier molecular flexibility index (Phi) is 5.32. The lowest BCUT2D eigenvalue weighted by Gasteiger charge is -2.29. The number of ether oxygens (including phenoxy) is 2. The predicted molar refractivity (Wildman–Crippen MR) is 119 cm³/mol. The number of fused-ring (bicyclic) bond motifs is 2. The summed E-state index contributed by atoms with van der Waals surface area (Å²) >= 11 is 2.49. The van der Waals surface area contributed by atoms with E-state index >= 15 is 0 Å². The number of thioether (sulfide) groups is 2. The number of rotatable bonds is 5. The molecule has 0 bridgehead atoms. The van der Waals surface area contributed by atoms with Crippen molar-refractivity contribution in [2.45, 2.75) is 30.7 Å². The molecule has 5 rings (SSSR count). The lowest BCUT2D eigenvalue weighted by Crippen LogP contribution is -2.51. The highest BCUT2D eigenvalue weighted by atomic mass is 32.2. The number of nitrogens with one attached hydrogen (secondary N) is 1. The van der Waals surface area contributed by atoms with Crippen molar-refractivity contribution in [3.63, 3.8) is 0 Å². The Balaban J connectivity index is 1.18. The summed E-state index contributed by atoms with van der Waals surface area (Å²) in [6.45, 7) is 2.35. The van der Waals surface area contributed by atoms with Crippen LogP contribution in [0.3, 0.4) is 0 Å². The van der Waals surface area contributed by atoms with Crippen LogP contribution in [0.1, 0.15) is 25.3 Å². The van der Waals surface area contributed by atoms with Crippen LogP contribution in [0.25, 0.3) is 6.08 Å². The molecule has 0 aliphatic carbocycles. The van der Waals surface area contributed by atoms with Crippen LogP contribution in [0.15, 0.2) is 23.1 Å². The summed E-state index contributed by atoms with van der Waals surface area (Å²) in [7, 11) is 0. The number of benzene rings is 1. The second-order valence-corrected chi connectivity index (χ2v) is 10.5. The topological polar surface area (TPSA) is 105 Å². The van der Waals surface area contributed by atoms with Crippen molar-refractivity contribution in [3.8, 4) is 11.5 Å². The first kappa shape index (κ1) is 21.2. The summed E-state index contributed by atoms with van der Waals surface area (Å²) in [5.74, 6) is 1.14. The summed E-state index contributed by atoms with van der Waals surface area (Å²) in [5, 5.41) is 2.40. The van der Waals surface area contributed by atoms with Crippen molar-refractivity contribution in [2.75, 3.05) is 25.6 Å². The highest BCUT2D eigenvalue weighted by Gasteiger charge is 2.52. The number of carbonyl (C=O) groups excluding carboxylic acids is 4. The number of hydrogen-bond acceptors (Lipinski definition) is 8. The van der Waals surface area contributed by atoms with E-state index < -0.39 is 11.9 Å². The van der Waals surface area contributed by atoms with Crippen LogP contribution in [0, 0.1) is 0 Å². The number of amides is 4. The third-order valence-corrected chi connectivity index (χ3v) is 8.36. The molecule has 0 spiro atoms. The molecule has 1 aromatic carbocycles. The van der Waals surface area contributed by atoms with Gasteiger partial charge in [0.2, 0.25) is 18.6 Å². The number of carbonyl (C=O) groups is 4. The van der Waals surface area contributed by atoms with E-state index in [4.69, 9.17) is 9.47 Å². The van der Waals surface area contributed by atoms with Gasteiger partial charge < -0.3 is 19.7 Å². The van der Waals surface area contributed by atoms with Crippen LogP contribution in [-0.2, 0) is 14.4 Å². The molecule has 0 unspecified atom stereocenters. The van der Waals surface area contributed by atoms with Crippen LogP contribution in [0.2, 0.25) is 0 Å². The van der Waals surface area contributed by atoms with Crippen molar-refractivity contribution in [2.24, 2.45) is 0 Å². The Morgan fingerprint density at radius 2 is 2.09 bits per heavy atom. The average Bonchev–Trinajstić information content (AvgIpc) is 3.49. The monoisotopic (exact) mass is 475 g/mol. The molecule has 4 aliphatic heterocycles. The summed E-state index contributed by atoms with van der Waals surface area (Å²) in [6.07, 6.45) is 2.84. The van der Waals surface area contributed by atoms with Crippen LogP contribution >= 0.6 is 23.5 Å². The molecular weight excluding hydrogens is 454 g/mol. The second kappa shape index (κ2) is 8.04. The van der Waals surface area contributed by atoms with Gasteiger partial charge in [-0.15, -0.1) is 11.8 Å². The summed E-state index contributed by atoms with van der Waals surface area (Å²) in [5.41, 5.74) is 0.727. The third kappa shape index (κ3) is 3.62. The molecule has 4 amide bonds. The lowest BCUT2D eigenvalue weighted by atomic mass is 10.2. The van der Waals surface area contributed by atoms with Crippen molar-refractivity contribution < 1.29 is 28.7 Å². The van der Waals surface area contributed by atoms with E-state index in [0.29, 0.717) is 28.6 Å². The molecule has 3 fully saturated rings. The second-order valence-electron chi connectivity index (χ2n) is 8.00. The molecule has 168 valence electrons. The van der Waals surface area contributed by atoms with Crippen molar-refractivity contribution >= 4 is 52.6 Å². The Morgan fingerprint density at radius 3 is 2.94 bits per heavy atom. The van der Waals surface area contributed by atoms with Crippen LogP contribution in [0.4, 0.5) is 4.79 Å². The maximum atomic E-state index is 12.7. The van der Waals surface area contributed by atoms with Gasteiger partial charge >= 0.3 is 0 Å². The van der Waals surface area contributed by atoms with Gasteiger partial charge in [0, 0.05) is 25.3 Å². The Morgan fingerprint density at radius 1 is 1.28 bits per heavy atom. The van der Waals surface area contributed by atoms with Gasteiger partial charge in [-0.2, -0.15) is 0 Å². The fourth-order valence-corrected chi connectivity index (χ4v) is 6.57. The van der Waals surface area contributed by atoms with Gasteiger partial charge in [-0.25, -0.2) is 0 Å². The minimum atomic E-state index is -0.513. The van der Waals surface area contributed by atoms with Gasteiger partial charge in [0.05, 0.1) is 9.78 Å². The zero-order chi connectivity index (χ0) is 22.5. The standard InChI is InChI=1S/C21H21N3O6S2/c1-21-5-4-17(25)24(21)13(10-31-21)18(26)22-6-7-23-19(27)16(32-20(23)28)9-12-2-3-14-15(8-12)30-11-29-14/h2-3,8-9,13H,4-7,10-11H2,1H3,(H,22,26)/b16-9-/t13-,21+/m0/s1. The van der Waals surface area contributed by atoms with E-state index in [9.17, 15) is 19.2 Å². The molecule has 1 N–H and O–H groups in total. The smallest absolute Gasteiger partial charge is 0.293 e. The first-order chi connectivity index (χ1) is 15.4. The van der Waals surface area contributed by atoms with E-state index in [2.05, 4.69) is 5.32 Å². The molecule has 0 saturated carbocycles. The fourth-order valence-electron chi connectivity index (χ4n) is 4.27. The Bertz CT molecular complexity index is 1060. The van der Waals surface area contributed by atoms with Crippen LogP contribution < -0.4 is 14.8 Å². The normalized spacial score (nSPS) is 27.6. The predicted octanol–water partition coefficient (Wildman–Crippen LogP) is 2.02. The van der Waals surface area contributed by atoms with Crippen LogP contribution in [-0.4, -0.2) is 69.3 Å². The molecule has 0 radical (unpaired) electrons. The van der Waals surface area contributed by atoms with Gasteiger partial charge in [0.15, 0.2) is 11.5 Å². The van der Waals surface area contributed by atoms with E-state index in [1.54, 1.807) is 40.9 Å². The molecule has 4 heterocycles. The van der Waals surface area contributed by atoms with Gasteiger partial charge in [-0.05, 0) is 48.9 Å². The van der Waals surface area contributed by atoms with E-state index in [0.717, 1.165) is 28.6 Å². The average molecular weight is 476 g/mol. The first-order valence-corrected chi connectivity index (χ1v) is 12.0. The van der Waals surface area contributed by atoms with E-state index in [1.807, 2.05) is 6.92 Å². The van der Waals surface area contributed by atoms with Crippen molar-refractivity contribution in [3.05, 3.63) is 28.7 Å². The zero-order valence-corrected chi connectivity index (χ0v) is 18.9. The molecule has 2 atom stereocenters. The summed E-state index contributed by atoms with van der Waals surface area (Å²) < 4.78 is 10.6. The minimum Gasteiger partial charge on any atom is -0.454 e. The molecule has 9 nitrogen and oxygen atoms in total. The maximum Gasteiger partial charge on any atom is 0.293 e. The Labute approximate surface area is 192 Å². The highest BCUT2D eigenvalue weighted by Crippen LogP contribution is 2.47. The number of hydrogen-bond donors (Lipinski definition) is 1. The van der Waals surface area contributed by atoms with E-state index in [-0.39, 0.29) is 41.8 Å². The summed E-state index contributed by atoms with van der Waals surface area (Å²) in [6, 6.07) is 4.78. The third-order valence-electron chi connectivity index (χ3n) is 5.95. The first-order valence-electron chi connectivity index (χ1n) is 10.2. The van der Waals surface area contributed by atoms with Crippen molar-refractivity contribution in [1.82, 2.24) is 15.1 Å². The van der Waals surface area contributed by atoms with Crippen molar-refractivity contribution in [1.29, 1.82) is 0 Å². The van der Waals surface area contributed by atoms with Gasteiger partial charge in [0.25, 0.3) is 11.1 Å². The molecule has 11 heteroatoms. The number of nitrogens with zero attached hydrogens (tertiary/aromatic N) is 2. The number of imide groups is 1. The maximum absolute atomic E-state index is 12.7.